The van der Waals surface area contributed by atoms with Crippen molar-refractivity contribution >= 4 is 28.9 Å². The van der Waals surface area contributed by atoms with Crippen LogP contribution in [0.25, 0.3) is 0 Å². The van der Waals surface area contributed by atoms with E-state index in [1.54, 1.807) is 12.1 Å². The number of carbonyl (C=O) groups excluding carboxylic acids is 1. The molecule has 0 bridgehead atoms. The molecule has 1 heterocycles. The van der Waals surface area contributed by atoms with Crippen LogP contribution in [0.15, 0.2) is 48.5 Å². The van der Waals surface area contributed by atoms with E-state index in [2.05, 4.69) is 21.2 Å². The van der Waals surface area contributed by atoms with Gasteiger partial charge in [-0.3, -0.25) is 9.69 Å². The van der Waals surface area contributed by atoms with Crippen LogP contribution in [0.2, 0.25) is 5.02 Å². The maximum Gasteiger partial charge on any atom is 0.241 e. The average molecular weight is 383 g/mol. The fraction of sp³-hybridized carbons (Fsp3) is 0.333. The second-order valence-corrected chi connectivity index (χ2v) is 7.06. The van der Waals surface area contributed by atoms with Crippen molar-refractivity contribution in [2.45, 2.75) is 19.4 Å². The molecule has 140 valence electrons. The highest BCUT2D eigenvalue weighted by atomic mass is 35.5. The molecule has 1 aliphatic rings. The second kappa shape index (κ2) is 8.90. The van der Waals surface area contributed by atoms with Gasteiger partial charge < -0.3 is 10.2 Å². The fourth-order valence-corrected chi connectivity index (χ4v) is 3.56. The van der Waals surface area contributed by atoms with Gasteiger partial charge in [0.25, 0.3) is 0 Å². The maximum atomic E-state index is 12.7. The predicted octanol–water partition coefficient (Wildman–Crippen LogP) is 3.75. The van der Waals surface area contributed by atoms with E-state index in [0.29, 0.717) is 16.3 Å². The van der Waals surface area contributed by atoms with Crippen molar-refractivity contribution in [1.82, 2.24) is 4.90 Å². The molecule has 1 saturated heterocycles. The Kier molecular flexibility index (Phi) is 6.33. The van der Waals surface area contributed by atoms with Gasteiger partial charge in [-0.25, -0.2) is 0 Å². The lowest BCUT2D eigenvalue weighted by Gasteiger charge is -2.27. The van der Waals surface area contributed by atoms with Crippen LogP contribution in [0.1, 0.15) is 18.9 Å². The summed E-state index contributed by atoms with van der Waals surface area (Å²) in [5.41, 5.74) is 2.29. The number of benzene rings is 2. The van der Waals surface area contributed by atoms with E-state index >= 15 is 0 Å². The van der Waals surface area contributed by atoms with Gasteiger partial charge in [-0.2, -0.15) is 5.26 Å². The van der Waals surface area contributed by atoms with E-state index in [4.69, 9.17) is 11.6 Å². The predicted molar refractivity (Wildman–Crippen MR) is 109 cm³/mol. The highest BCUT2D eigenvalue weighted by molar-refractivity contribution is 6.33. The lowest BCUT2D eigenvalue weighted by molar-refractivity contribution is -0.120. The summed E-state index contributed by atoms with van der Waals surface area (Å²) >= 11 is 6.14. The SMILES string of the molecule is C[C@@H](C(=O)Nc1ccccc1Cl)N1CCCN(c2ccccc2C#N)CC1. The molecule has 0 radical (unpaired) electrons. The van der Waals surface area contributed by atoms with E-state index in [1.165, 1.54) is 0 Å². The zero-order valence-corrected chi connectivity index (χ0v) is 16.1. The molecule has 1 amide bonds. The van der Waals surface area contributed by atoms with Crippen LogP contribution in [-0.2, 0) is 4.79 Å². The molecular weight excluding hydrogens is 360 g/mol. The third kappa shape index (κ3) is 4.60. The number of rotatable bonds is 4. The quantitative estimate of drug-likeness (QED) is 0.874. The third-order valence-electron chi connectivity index (χ3n) is 4.95. The molecule has 27 heavy (non-hydrogen) atoms. The van der Waals surface area contributed by atoms with Crippen LogP contribution in [-0.4, -0.2) is 43.0 Å². The summed E-state index contributed by atoms with van der Waals surface area (Å²) in [6, 6.07) is 16.9. The molecule has 2 aromatic rings. The first kappa shape index (κ1) is 19.2. The van der Waals surface area contributed by atoms with Crippen molar-refractivity contribution in [3.05, 3.63) is 59.1 Å². The van der Waals surface area contributed by atoms with Crippen molar-refractivity contribution in [2.24, 2.45) is 0 Å². The third-order valence-corrected chi connectivity index (χ3v) is 5.28. The number of para-hydroxylation sites is 2. The first-order valence-corrected chi connectivity index (χ1v) is 9.51. The van der Waals surface area contributed by atoms with Crippen molar-refractivity contribution < 1.29 is 4.79 Å². The Balaban J connectivity index is 1.64. The number of nitrogens with one attached hydrogen (secondary N) is 1. The molecule has 3 rings (SSSR count). The lowest BCUT2D eigenvalue weighted by Crippen LogP contribution is -2.44. The summed E-state index contributed by atoms with van der Waals surface area (Å²) in [5.74, 6) is -0.0611. The first-order valence-electron chi connectivity index (χ1n) is 9.13. The Labute approximate surface area is 165 Å². The van der Waals surface area contributed by atoms with Gasteiger partial charge in [-0.1, -0.05) is 35.9 Å². The van der Waals surface area contributed by atoms with E-state index in [9.17, 15) is 10.1 Å². The molecule has 6 heteroatoms. The number of amides is 1. The van der Waals surface area contributed by atoms with Crippen molar-refractivity contribution in [3.63, 3.8) is 0 Å². The number of hydrogen-bond donors (Lipinski definition) is 1. The summed E-state index contributed by atoms with van der Waals surface area (Å²) in [6.45, 7) is 5.17. The number of hydrogen-bond acceptors (Lipinski definition) is 4. The molecule has 0 aromatic heterocycles. The summed E-state index contributed by atoms with van der Waals surface area (Å²) in [6.07, 6.45) is 0.934. The van der Waals surface area contributed by atoms with E-state index in [0.717, 1.165) is 38.3 Å². The van der Waals surface area contributed by atoms with Crippen LogP contribution in [0, 0.1) is 11.3 Å². The Morgan fingerprint density at radius 3 is 2.63 bits per heavy atom. The molecule has 5 nitrogen and oxygen atoms in total. The summed E-state index contributed by atoms with van der Waals surface area (Å²) < 4.78 is 0. The molecule has 0 aliphatic carbocycles. The second-order valence-electron chi connectivity index (χ2n) is 6.65. The van der Waals surface area contributed by atoms with Crippen LogP contribution in [0.5, 0.6) is 0 Å². The fourth-order valence-electron chi connectivity index (χ4n) is 3.38. The molecule has 1 N–H and O–H groups in total. The number of nitriles is 1. The van der Waals surface area contributed by atoms with Crippen molar-refractivity contribution in [2.75, 3.05) is 36.4 Å². The smallest absolute Gasteiger partial charge is 0.241 e. The topological polar surface area (TPSA) is 59.4 Å². The Bertz CT molecular complexity index is 848. The zero-order chi connectivity index (χ0) is 19.2. The first-order chi connectivity index (χ1) is 13.1. The van der Waals surface area contributed by atoms with Gasteiger partial charge in [0, 0.05) is 26.2 Å². The molecule has 0 unspecified atom stereocenters. The monoisotopic (exact) mass is 382 g/mol. The van der Waals surface area contributed by atoms with Crippen molar-refractivity contribution in [3.8, 4) is 6.07 Å². The van der Waals surface area contributed by atoms with Gasteiger partial charge in [0.05, 0.1) is 28.0 Å². The Hall–Kier alpha value is -2.55. The lowest BCUT2D eigenvalue weighted by atomic mass is 10.1. The highest BCUT2D eigenvalue weighted by Crippen LogP contribution is 2.23. The van der Waals surface area contributed by atoms with Gasteiger partial charge >= 0.3 is 0 Å². The standard InChI is InChI=1S/C21H23ClN4O/c1-16(21(27)24-19-9-4-3-8-18(19)22)25-11-6-12-26(14-13-25)20-10-5-2-7-17(20)15-23/h2-5,7-10,16H,6,11-14H2,1H3,(H,24,27)/t16-/m0/s1. The van der Waals surface area contributed by atoms with Crippen LogP contribution in [0.4, 0.5) is 11.4 Å². The molecule has 1 aliphatic heterocycles. The minimum atomic E-state index is -0.257. The van der Waals surface area contributed by atoms with Gasteiger partial charge in [-0.15, -0.1) is 0 Å². The number of nitrogens with zero attached hydrogens (tertiary/aromatic N) is 3. The Morgan fingerprint density at radius 2 is 1.85 bits per heavy atom. The molecule has 1 atom stereocenters. The van der Waals surface area contributed by atoms with Crippen LogP contribution < -0.4 is 10.2 Å². The molecule has 0 saturated carbocycles. The highest BCUT2D eigenvalue weighted by Gasteiger charge is 2.25. The van der Waals surface area contributed by atoms with Gasteiger partial charge in [0.15, 0.2) is 0 Å². The van der Waals surface area contributed by atoms with E-state index in [-0.39, 0.29) is 11.9 Å². The molecule has 2 aromatic carbocycles. The van der Waals surface area contributed by atoms with Crippen LogP contribution in [0.3, 0.4) is 0 Å². The average Bonchev–Trinajstić information content (AvgIpc) is 2.95. The van der Waals surface area contributed by atoms with E-state index < -0.39 is 0 Å². The van der Waals surface area contributed by atoms with E-state index in [1.807, 2.05) is 43.3 Å². The van der Waals surface area contributed by atoms with Gasteiger partial charge in [-0.05, 0) is 37.6 Å². The summed E-state index contributed by atoms with van der Waals surface area (Å²) in [4.78, 5) is 17.1. The zero-order valence-electron chi connectivity index (χ0n) is 15.4. The minimum absolute atomic E-state index is 0.0611. The molecular formula is C21H23ClN4O. The summed E-state index contributed by atoms with van der Waals surface area (Å²) in [7, 11) is 0. The summed E-state index contributed by atoms with van der Waals surface area (Å²) in [5, 5.41) is 12.8. The number of halogens is 1. The molecule has 1 fully saturated rings. The van der Waals surface area contributed by atoms with Gasteiger partial charge in [0.2, 0.25) is 5.91 Å². The van der Waals surface area contributed by atoms with Crippen LogP contribution >= 0.6 is 11.6 Å². The molecule has 0 spiro atoms. The van der Waals surface area contributed by atoms with Gasteiger partial charge in [0.1, 0.15) is 6.07 Å². The Morgan fingerprint density at radius 1 is 1.11 bits per heavy atom. The van der Waals surface area contributed by atoms with Crippen molar-refractivity contribution in [1.29, 1.82) is 5.26 Å². The largest absolute Gasteiger partial charge is 0.369 e. The maximum absolute atomic E-state index is 12.7. The number of anilines is 2. The number of carbonyl (C=O) groups is 1. The minimum Gasteiger partial charge on any atom is -0.369 e. The normalized spacial score (nSPS) is 16.3.